The summed E-state index contributed by atoms with van der Waals surface area (Å²) in [4.78, 5) is 86.5. The molecule has 420 valence electrons. The van der Waals surface area contributed by atoms with Crippen molar-refractivity contribution >= 4 is 45.9 Å². The molecule has 7 aliphatic heterocycles. The maximum Gasteiger partial charge on any atom is 0.315 e. The first-order valence-electron chi connectivity index (χ1n) is 27.2. The quantitative estimate of drug-likeness (QED) is 0.150. The molecule has 5 bridgehead atoms. The molecule has 2 aromatic rings. The number of ether oxygens (including phenoxy) is 4. The Morgan fingerprint density at radius 2 is 1.58 bits per heavy atom. The van der Waals surface area contributed by atoms with Gasteiger partial charge in [-0.15, -0.1) is 0 Å². The molecule has 0 unspecified atom stereocenters. The molecule has 9 atom stereocenters. The van der Waals surface area contributed by atoms with E-state index in [1.807, 2.05) is 0 Å². The van der Waals surface area contributed by atoms with Crippen molar-refractivity contribution < 1.29 is 63.3 Å². The van der Waals surface area contributed by atoms with E-state index in [2.05, 4.69) is 34.0 Å². The van der Waals surface area contributed by atoms with Crippen LogP contribution >= 0.6 is 0 Å². The lowest BCUT2D eigenvalue weighted by Crippen LogP contribution is -2.55. The summed E-state index contributed by atoms with van der Waals surface area (Å²) in [5.41, 5.74) is -0.273. The second-order valence-electron chi connectivity index (χ2n) is 22.9. The molecule has 9 rings (SSSR count). The number of benzene rings is 2. The SMILES string of the molecule is CO[C@H]1/C=C/O[C@@]2(C)Oc3c(C)c(O)c4c(O)c(c5c(c4c3C2=O)NC2(CCN(CC(C)C)CC2)N=5)=NC(=O)/C(C)=C\C=C\[C@H](C)[C@H](O)[C@@H](C)[C@@H](O)[C@@H](C)[C@H](OC(=O)CC(=O)N2CCC(N3CCN(C)C(=O)C3)CC2)[C@@H]1C. The summed E-state index contributed by atoms with van der Waals surface area (Å²) in [7, 11) is 3.23. The van der Waals surface area contributed by atoms with Gasteiger partial charge in [-0.25, -0.2) is 4.99 Å². The van der Waals surface area contributed by atoms with Crippen LogP contribution in [-0.4, -0.2) is 178 Å². The van der Waals surface area contributed by atoms with Gasteiger partial charge in [0.25, 0.3) is 11.7 Å². The van der Waals surface area contributed by atoms with Crippen molar-refractivity contribution in [3.8, 4) is 17.2 Å². The third-order valence-electron chi connectivity index (χ3n) is 17.0. The number of phenols is 2. The minimum absolute atomic E-state index is 0.0191. The molecule has 3 amide bonds. The number of allylic oxidation sites excluding steroid dienone is 2. The highest BCUT2D eigenvalue weighted by atomic mass is 16.7. The third-order valence-corrected chi connectivity index (χ3v) is 17.0. The number of carbonyl (C=O) groups is 5. The molecular weight excluding hydrogens is 991 g/mol. The van der Waals surface area contributed by atoms with Gasteiger partial charge in [-0.3, -0.25) is 33.9 Å². The number of rotatable bonds is 7. The van der Waals surface area contributed by atoms with Crippen molar-refractivity contribution in [2.75, 3.05) is 71.8 Å². The third kappa shape index (κ3) is 11.4. The highest BCUT2D eigenvalue weighted by molar-refractivity contribution is 6.21. The van der Waals surface area contributed by atoms with Crippen LogP contribution in [0.1, 0.15) is 103 Å². The van der Waals surface area contributed by atoms with E-state index in [9.17, 15) is 44.4 Å². The number of Topliss-reactive ketones (excluding diaryl/α,β-unsaturated/α-hetero) is 1. The fourth-order valence-electron chi connectivity index (χ4n) is 12.0. The van der Waals surface area contributed by atoms with Crippen molar-refractivity contribution in [1.82, 2.24) is 19.6 Å². The Morgan fingerprint density at radius 1 is 0.896 bits per heavy atom. The van der Waals surface area contributed by atoms with E-state index in [1.165, 1.54) is 32.4 Å². The predicted molar refractivity (Wildman–Crippen MR) is 285 cm³/mol. The molecule has 5 N–H and O–H groups in total. The number of carbonyl (C=O) groups excluding carboxylic acids is 5. The molecule has 20 nitrogen and oxygen atoms in total. The van der Waals surface area contributed by atoms with E-state index in [-0.39, 0.29) is 55.9 Å². The first-order chi connectivity index (χ1) is 36.4. The van der Waals surface area contributed by atoms with E-state index in [1.54, 1.807) is 70.5 Å². The fourth-order valence-corrected chi connectivity index (χ4v) is 12.0. The highest BCUT2D eigenvalue weighted by Gasteiger charge is 2.51. The summed E-state index contributed by atoms with van der Waals surface area (Å²) >= 11 is 0. The maximum absolute atomic E-state index is 15.0. The summed E-state index contributed by atoms with van der Waals surface area (Å²) in [6.07, 6.45) is 5.05. The highest BCUT2D eigenvalue weighted by Crippen LogP contribution is 2.51. The number of phenolic OH excluding ortho intramolecular Hbond substituents is 2. The van der Waals surface area contributed by atoms with Gasteiger partial charge in [0, 0.05) is 126 Å². The van der Waals surface area contributed by atoms with Gasteiger partial charge in [-0.1, -0.05) is 59.8 Å². The minimum Gasteiger partial charge on any atom is -0.507 e. The number of anilines is 1. The number of methoxy groups -OCH3 is 1. The van der Waals surface area contributed by atoms with Gasteiger partial charge in [0.05, 0.1) is 47.8 Å². The van der Waals surface area contributed by atoms with E-state index in [0.29, 0.717) is 76.6 Å². The summed E-state index contributed by atoms with van der Waals surface area (Å²) in [6.45, 7) is 20.6. The number of esters is 1. The van der Waals surface area contributed by atoms with E-state index < -0.39 is 101 Å². The number of piperazine rings is 1. The second-order valence-corrected chi connectivity index (χ2v) is 22.9. The predicted octanol–water partition coefficient (Wildman–Crippen LogP) is 3.88. The molecule has 0 saturated carbocycles. The number of amides is 3. The van der Waals surface area contributed by atoms with Crippen molar-refractivity contribution in [1.29, 1.82) is 0 Å². The summed E-state index contributed by atoms with van der Waals surface area (Å²) < 4.78 is 24.7. The zero-order valence-corrected chi connectivity index (χ0v) is 46.5. The summed E-state index contributed by atoms with van der Waals surface area (Å²) in [5.74, 6) is -7.96. The molecule has 2 aromatic carbocycles. The standard InChI is InChI=1S/C57H79N7O13/c1-30(2)28-62-22-18-57(19-23-62)59-45-42-43-50(70)36(8)53-44(42)54(72)56(9,77-53)75-26-17-38(74-11)33(5)52(76-41(67)27-39(65)63-20-15-37(16-21-63)64-25-24-61(10)40(66)29-64)35(7)49(69)34(6)48(68)31(3)13-12-14-32(4)55(73)58-47(51(43)71)46(45)60-57/h12-14,17,26,30-31,33-35,37-38,48-49,52,59,68-71H,15-16,18-25,27-29H2,1-11H3/b13-12+,26-17+,32-14-,58-47?/t31-,33+,34+,35+,38-,48-,49+,52+,56-/m0/s1. The van der Waals surface area contributed by atoms with E-state index in [4.69, 9.17) is 23.9 Å². The van der Waals surface area contributed by atoms with Gasteiger partial charge in [-0.05, 0) is 38.7 Å². The molecular formula is C57H79N7O13. The Bertz CT molecular complexity index is 2870. The molecule has 20 heteroatoms. The van der Waals surface area contributed by atoms with Crippen LogP contribution in [-0.2, 0) is 33.4 Å². The van der Waals surface area contributed by atoms with Crippen molar-refractivity contribution in [3.63, 3.8) is 0 Å². The second kappa shape index (κ2) is 22.8. The number of likely N-dealkylation sites (tertiary alicyclic amines) is 2. The van der Waals surface area contributed by atoms with Crippen LogP contribution in [0.5, 0.6) is 17.2 Å². The monoisotopic (exact) mass is 1070 g/mol. The zero-order valence-electron chi connectivity index (χ0n) is 46.5. The van der Waals surface area contributed by atoms with Crippen LogP contribution in [0.4, 0.5) is 5.69 Å². The number of fused-ring (bicyclic) bond motifs is 13. The number of likely N-dealkylation sites (N-methyl/N-ethyl adjacent to an activating group) is 1. The van der Waals surface area contributed by atoms with Crippen molar-refractivity contribution in [2.45, 2.75) is 136 Å². The van der Waals surface area contributed by atoms with Gasteiger partial charge < -0.3 is 59.4 Å². The van der Waals surface area contributed by atoms with Gasteiger partial charge in [0.1, 0.15) is 40.4 Å². The normalized spacial score (nSPS) is 31.3. The number of aromatic hydroxyl groups is 2. The Balaban J connectivity index is 1.13. The Hall–Kier alpha value is -5.93. The lowest BCUT2D eigenvalue weighted by Gasteiger charge is -2.41. The van der Waals surface area contributed by atoms with Crippen LogP contribution in [0.15, 0.2) is 46.1 Å². The smallest absolute Gasteiger partial charge is 0.315 e. The number of hydrogen-bond donors (Lipinski definition) is 5. The van der Waals surface area contributed by atoms with Crippen molar-refractivity contribution in [2.24, 2.45) is 39.6 Å². The molecule has 0 aliphatic carbocycles. The molecule has 3 fully saturated rings. The number of nitrogens with zero attached hydrogens (tertiary/aromatic N) is 6. The molecule has 77 heavy (non-hydrogen) atoms. The fraction of sp³-hybridized carbons (Fsp3) is 0.632. The van der Waals surface area contributed by atoms with Gasteiger partial charge in [0.2, 0.25) is 11.8 Å². The molecule has 0 radical (unpaired) electrons. The van der Waals surface area contributed by atoms with Crippen LogP contribution in [0.3, 0.4) is 0 Å². The molecule has 0 aromatic heterocycles. The average molecular weight is 1070 g/mol. The van der Waals surface area contributed by atoms with E-state index in [0.717, 1.165) is 13.1 Å². The number of nitrogens with one attached hydrogen (secondary N) is 1. The molecule has 7 heterocycles. The summed E-state index contributed by atoms with van der Waals surface area (Å²) in [6, 6.07) is 0.141. The first-order valence-corrected chi connectivity index (χ1v) is 27.2. The first kappa shape index (κ1) is 57.3. The van der Waals surface area contributed by atoms with Crippen LogP contribution in [0.2, 0.25) is 0 Å². The number of aliphatic hydroxyl groups is 2. The average Bonchev–Trinajstić information content (AvgIpc) is 4.03. The Labute approximate surface area is 450 Å². The Morgan fingerprint density at radius 3 is 2.23 bits per heavy atom. The van der Waals surface area contributed by atoms with Crippen LogP contribution in [0, 0.1) is 36.5 Å². The van der Waals surface area contributed by atoms with Gasteiger partial charge in [0.15, 0.2) is 5.75 Å². The molecule has 1 spiro atoms. The largest absolute Gasteiger partial charge is 0.507 e. The zero-order chi connectivity index (χ0) is 56.0. The van der Waals surface area contributed by atoms with Gasteiger partial charge >= 0.3 is 11.8 Å². The molecule has 7 aliphatic rings. The molecule has 3 saturated heterocycles. The minimum atomic E-state index is -2.03. The lowest BCUT2D eigenvalue weighted by atomic mass is 9.78. The Kier molecular flexibility index (Phi) is 17.0. The maximum atomic E-state index is 15.0. The number of ketones is 1. The number of hydrogen-bond acceptors (Lipinski definition) is 17. The number of piperidine rings is 2. The lowest BCUT2D eigenvalue weighted by molar-refractivity contribution is -0.165. The number of aliphatic hydroxyl groups excluding tert-OH is 2. The van der Waals surface area contributed by atoms with Crippen LogP contribution in [0.25, 0.3) is 10.8 Å². The topological polar surface area (TPSA) is 253 Å². The van der Waals surface area contributed by atoms with Gasteiger partial charge in [-0.2, -0.15) is 0 Å². The summed E-state index contributed by atoms with van der Waals surface area (Å²) in [5, 5.41) is 51.5. The van der Waals surface area contributed by atoms with E-state index >= 15 is 0 Å². The van der Waals surface area contributed by atoms with Crippen molar-refractivity contribution in [3.05, 3.63) is 58.0 Å². The van der Waals surface area contributed by atoms with Crippen LogP contribution < -0.4 is 20.8 Å².